The minimum absolute atomic E-state index is 0.519. The molecular weight excluding hydrogens is 252 g/mol. The molecule has 2 aromatic rings. The molecule has 1 N–H and O–H groups in total. The number of aromatic nitrogens is 4. The zero-order chi connectivity index (χ0) is 13.0. The average molecular weight is 268 g/mol. The smallest absolute Gasteiger partial charge is 0.209 e. The van der Waals surface area contributed by atoms with Crippen LogP contribution >= 0.6 is 11.8 Å². The number of rotatable bonds is 6. The molecule has 6 nitrogen and oxygen atoms in total. The van der Waals surface area contributed by atoms with E-state index >= 15 is 0 Å². The Kier molecular flexibility index (Phi) is 4.03. The van der Waals surface area contributed by atoms with Gasteiger partial charge in [-0.2, -0.15) is 0 Å². The van der Waals surface area contributed by atoms with Crippen molar-refractivity contribution in [2.75, 3.05) is 5.75 Å². The molecule has 0 aliphatic rings. The molecule has 0 spiro atoms. The summed E-state index contributed by atoms with van der Waals surface area (Å²) in [5.41, 5.74) is -0.660. The second kappa shape index (κ2) is 5.53. The summed E-state index contributed by atoms with van der Waals surface area (Å²) in [6.45, 7) is 4.10. The highest BCUT2D eigenvalue weighted by atomic mass is 32.2. The largest absolute Gasteiger partial charge is 0.467 e. The maximum Gasteiger partial charge on any atom is 0.209 e. The predicted molar refractivity (Wildman–Crippen MR) is 67.3 cm³/mol. The Morgan fingerprint density at radius 3 is 3.00 bits per heavy atom. The van der Waals surface area contributed by atoms with Gasteiger partial charge in [-0.1, -0.05) is 11.8 Å². The molecule has 0 aliphatic heterocycles. The van der Waals surface area contributed by atoms with Crippen LogP contribution in [0.25, 0.3) is 0 Å². The number of hydrogen-bond donors (Lipinski definition) is 1. The highest BCUT2D eigenvalue weighted by molar-refractivity contribution is 7.99. The van der Waals surface area contributed by atoms with Gasteiger partial charge in [0.25, 0.3) is 0 Å². The molecule has 0 amide bonds. The van der Waals surface area contributed by atoms with Crippen LogP contribution in [-0.2, 0) is 6.54 Å². The van der Waals surface area contributed by atoms with E-state index in [0.717, 1.165) is 16.7 Å². The van der Waals surface area contributed by atoms with Crippen LogP contribution < -0.4 is 0 Å². The molecule has 0 saturated carbocycles. The first-order chi connectivity index (χ1) is 8.54. The third kappa shape index (κ3) is 3.85. The molecule has 0 atom stereocenters. The molecule has 7 heteroatoms. The number of nitrogens with zero attached hydrogens (tertiary/aromatic N) is 4. The molecule has 2 aromatic heterocycles. The van der Waals surface area contributed by atoms with Crippen LogP contribution in [-0.4, -0.2) is 36.7 Å². The third-order valence-corrected chi connectivity index (χ3v) is 3.29. The van der Waals surface area contributed by atoms with Gasteiger partial charge in [-0.15, -0.1) is 5.10 Å². The van der Waals surface area contributed by atoms with Gasteiger partial charge in [0.05, 0.1) is 11.9 Å². The highest BCUT2D eigenvalue weighted by Crippen LogP contribution is 2.19. The predicted octanol–water partition coefficient (Wildman–Crippen LogP) is 1.57. The summed E-state index contributed by atoms with van der Waals surface area (Å²) < 4.78 is 6.94. The molecule has 18 heavy (non-hydrogen) atoms. The fourth-order valence-corrected chi connectivity index (χ4v) is 2.47. The number of hydrogen-bond acceptors (Lipinski definition) is 6. The van der Waals surface area contributed by atoms with E-state index < -0.39 is 5.60 Å². The summed E-state index contributed by atoms with van der Waals surface area (Å²) in [7, 11) is 0. The van der Waals surface area contributed by atoms with E-state index in [9.17, 15) is 5.11 Å². The van der Waals surface area contributed by atoms with E-state index in [1.54, 1.807) is 24.8 Å². The van der Waals surface area contributed by atoms with Crippen LogP contribution in [0.2, 0.25) is 0 Å². The van der Waals surface area contributed by atoms with Crippen molar-refractivity contribution in [1.29, 1.82) is 0 Å². The molecule has 0 aliphatic carbocycles. The van der Waals surface area contributed by atoms with Crippen molar-refractivity contribution in [3.63, 3.8) is 0 Å². The Hall–Kier alpha value is -1.34. The van der Waals surface area contributed by atoms with Crippen LogP contribution in [0.4, 0.5) is 0 Å². The minimum atomic E-state index is -0.660. The first-order valence-electron chi connectivity index (χ1n) is 5.68. The Bertz CT molecular complexity index is 475. The van der Waals surface area contributed by atoms with Crippen molar-refractivity contribution >= 4 is 11.8 Å². The van der Waals surface area contributed by atoms with E-state index in [1.807, 2.05) is 12.1 Å². The van der Waals surface area contributed by atoms with Gasteiger partial charge in [0.15, 0.2) is 0 Å². The van der Waals surface area contributed by atoms with Crippen molar-refractivity contribution in [3.8, 4) is 0 Å². The molecule has 0 fully saturated rings. The number of aliphatic hydroxyl groups is 1. The molecule has 0 bridgehead atoms. The zero-order valence-corrected chi connectivity index (χ0v) is 11.2. The Morgan fingerprint density at radius 2 is 2.33 bits per heavy atom. The Balaban J connectivity index is 1.91. The monoisotopic (exact) mass is 268 g/mol. The molecule has 0 radical (unpaired) electrons. The van der Waals surface area contributed by atoms with Gasteiger partial charge in [0.2, 0.25) is 5.16 Å². The normalized spacial score (nSPS) is 11.9. The van der Waals surface area contributed by atoms with Crippen molar-refractivity contribution in [2.45, 2.75) is 37.6 Å². The lowest BCUT2D eigenvalue weighted by molar-refractivity contribution is 0.0777. The SMILES string of the molecule is CC(C)(O)CCSc1nnnn1Cc1ccco1. The lowest BCUT2D eigenvalue weighted by Gasteiger charge is -2.15. The molecule has 98 valence electrons. The van der Waals surface area contributed by atoms with Gasteiger partial charge in [-0.05, 0) is 42.8 Å². The minimum Gasteiger partial charge on any atom is -0.467 e. The van der Waals surface area contributed by atoms with E-state index in [0.29, 0.717) is 13.0 Å². The summed E-state index contributed by atoms with van der Waals surface area (Å²) >= 11 is 1.53. The van der Waals surface area contributed by atoms with Crippen molar-refractivity contribution in [2.24, 2.45) is 0 Å². The van der Waals surface area contributed by atoms with Gasteiger partial charge < -0.3 is 9.52 Å². The summed E-state index contributed by atoms with van der Waals surface area (Å²) in [5, 5.41) is 21.9. The molecule has 2 heterocycles. The van der Waals surface area contributed by atoms with Gasteiger partial charge in [0.1, 0.15) is 12.3 Å². The van der Waals surface area contributed by atoms with E-state index in [-0.39, 0.29) is 0 Å². The maximum atomic E-state index is 9.64. The highest BCUT2D eigenvalue weighted by Gasteiger charge is 2.14. The van der Waals surface area contributed by atoms with Gasteiger partial charge in [0, 0.05) is 5.75 Å². The van der Waals surface area contributed by atoms with E-state index in [4.69, 9.17) is 4.42 Å². The van der Waals surface area contributed by atoms with Crippen molar-refractivity contribution in [3.05, 3.63) is 24.2 Å². The van der Waals surface area contributed by atoms with Crippen molar-refractivity contribution < 1.29 is 9.52 Å². The van der Waals surface area contributed by atoms with Gasteiger partial charge in [-0.25, -0.2) is 4.68 Å². The van der Waals surface area contributed by atoms with Crippen LogP contribution in [0, 0.1) is 0 Å². The number of thioether (sulfide) groups is 1. The van der Waals surface area contributed by atoms with Crippen LogP contribution in [0.3, 0.4) is 0 Å². The molecule has 2 rings (SSSR count). The summed E-state index contributed by atoms with van der Waals surface area (Å²) in [4.78, 5) is 0. The quantitative estimate of drug-likeness (QED) is 0.801. The lowest BCUT2D eigenvalue weighted by atomic mass is 10.1. The van der Waals surface area contributed by atoms with Gasteiger partial charge >= 0.3 is 0 Å². The lowest BCUT2D eigenvalue weighted by Crippen LogP contribution is -2.19. The first-order valence-corrected chi connectivity index (χ1v) is 6.67. The summed E-state index contributed by atoms with van der Waals surface area (Å²) in [5.74, 6) is 1.58. The molecule has 0 aromatic carbocycles. The van der Waals surface area contributed by atoms with Crippen LogP contribution in [0.5, 0.6) is 0 Å². The number of tetrazole rings is 1. The van der Waals surface area contributed by atoms with Crippen molar-refractivity contribution in [1.82, 2.24) is 20.2 Å². The summed E-state index contributed by atoms with van der Waals surface area (Å²) in [6.07, 6.45) is 2.31. The second-order valence-corrected chi connectivity index (χ2v) is 5.67. The van der Waals surface area contributed by atoms with E-state index in [1.165, 1.54) is 11.8 Å². The fourth-order valence-electron chi connectivity index (χ4n) is 1.34. The Labute approximate surface area is 109 Å². The van der Waals surface area contributed by atoms with Gasteiger partial charge in [-0.3, -0.25) is 0 Å². The molecule has 0 unspecified atom stereocenters. The molecule has 0 saturated heterocycles. The number of furan rings is 1. The topological polar surface area (TPSA) is 77.0 Å². The summed E-state index contributed by atoms with van der Waals surface area (Å²) in [6, 6.07) is 3.72. The first kappa shape index (κ1) is 13.1. The Morgan fingerprint density at radius 1 is 1.50 bits per heavy atom. The fraction of sp³-hybridized carbons (Fsp3) is 0.545. The third-order valence-electron chi connectivity index (χ3n) is 2.33. The van der Waals surface area contributed by atoms with Crippen LogP contribution in [0.15, 0.2) is 28.0 Å². The standard InChI is InChI=1S/C11H16N4O2S/c1-11(2,16)5-7-18-10-12-13-14-15(10)8-9-4-3-6-17-9/h3-4,6,16H,5,7-8H2,1-2H3. The second-order valence-electron chi connectivity index (χ2n) is 4.61. The van der Waals surface area contributed by atoms with Crippen LogP contribution in [0.1, 0.15) is 26.0 Å². The van der Waals surface area contributed by atoms with E-state index in [2.05, 4.69) is 15.5 Å². The average Bonchev–Trinajstić information content (AvgIpc) is 2.90. The maximum absolute atomic E-state index is 9.64. The molecular formula is C11H16N4O2S. The zero-order valence-electron chi connectivity index (χ0n) is 10.4.